The second kappa shape index (κ2) is 15.1. The molecule has 0 saturated carbocycles. The second-order valence-corrected chi connectivity index (χ2v) is 12.0. The van der Waals surface area contributed by atoms with Crippen molar-refractivity contribution in [3.05, 3.63) is 108 Å². The number of benzene rings is 3. The van der Waals surface area contributed by atoms with Crippen LogP contribution in [0.3, 0.4) is 0 Å². The van der Waals surface area contributed by atoms with Gasteiger partial charge in [0, 0.05) is 42.2 Å². The maximum atomic E-state index is 13.1. The van der Waals surface area contributed by atoms with Crippen LogP contribution >= 0.6 is 0 Å². The van der Waals surface area contributed by atoms with Crippen LogP contribution in [0.15, 0.2) is 91.8 Å². The summed E-state index contributed by atoms with van der Waals surface area (Å²) in [4.78, 5) is 33.3. The van der Waals surface area contributed by atoms with Gasteiger partial charge in [-0.05, 0) is 46.2 Å². The first-order valence-electron chi connectivity index (χ1n) is 15.2. The molecule has 0 fully saturated rings. The molecule has 1 aromatic heterocycles. The highest BCUT2D eigenvalue weighted by Crippen LogP contribution is 2.25. The smallest absolute Gasteiger partial charge is 0.305 e. The number of aliphatic carboxylic acids is 1. The average molecular weight is 607 g/mol. The first-order valence-corrected chi connectivity index (χ1v) is 15.2. The molecule has 3 aromatic carbocycles. The van der Waals surface area contributed by atoms with Crippen molar-refractivity contribution in [1.82, 2.24) is 20.6 Å². The molecule has 0 bridgehead atoms. The van der Waals surface area contributed by atoms with Crippen molar-refractivity contribution in [2.75, 3.05) is 13.2 Å². The number of nitrogens with one attached hydrogen (secondary N) is 2. The minimum absolute atomic E-state index is 0.0228. The summed E-state index contributed by atoms with van der Waals surface area (Å²) in [5, 5.41) is 15.0. The first-order chi connectivity index (χ1) is 21.5. The van der Waals surface area contributed by atoms with Crippen molar-refractivity contribution < 1.29 is 19.4 Å². The van der Waals surface area contributed by atoms with E-state index in [2.05, 4.69) is 67.0 Å². The van der Waals surface area contributed by atoms with Crippen LogP contribution in [-0.4, -0.2) is 46.1 Å². The van der Waals surface area contributed by atoms with E-state index in [4.69, 9.17) is 9.84 Å². The molecule has 0 aliphatic carbocycles. The summed E-state index contributed by atoms with van der Waals surface area (Å²) in [6.07, 6.45) is 4.79. The Kier molecular flexibility index (Phi) is 11.1. The predicted octanol–water partition coefficient (Wildman–Crippen LogP) is 6.66. The molecule has 0 aliphatic heterocycles. The fourth-order valence-corrected chi connectivity index (χ4v) is 4.71. The zero-order valence-electron chi connectivity index (χ0n) is 26.5. The lowest BCUT2D eigenvalue weighted by atomic mass is 9.86. The summed E-state index contributed by atoms with van der Waals surface area (Å²) >= 11 is 0. The fraction of sp³-hybridized carbons (Fsp3) is 0.297. The van der Waals surface area contributed by atoms with Gasteiger partial charge in [-0.3, -0.25) is 9.59 Å². The number of hydrogen-bond acceptors (Lipinski definition) is 6. The third-order valence-electron chi connectivity index (χ3n) is 7.37. The van der Waals surface area contributed by atoms with E-state index >= 15 is 0 Å². The topological polar surface area (TPSA) is 113 Å². The van der Waals surface area contributed by atoms with Crippen LogP contribution in [0.4, 0.5) is 0 Å². The molecule has 4 aromatic rings. The van der Waals surface area contributed by atoms with Gasteiger partial charge in [-0.1, -0.05) is 94.9 Å². The Morgan fingerprint density at radius 3 is 2.09 bits per heavy atom. The van der Waals surface area contributed by atoms with Crippen LogP contribution in [-0.2, 0) is 21.4 Å². The number of carbonyl (C=O) groups excluding carboxylic acids is 1. The Balaban J connectivity index is 1.44. The van der Waals surface area contributed by atoms with Gasteiger partial charge >= 0.3 is 5.97 Å². The first kappa shape index (κ1) is 32.9. The van der Waals surface area contributed by atoms with Gasteiger partial charge in [-0.15, -0.1) is 0 Å². The van der Waals surface area contributed by atoms with Crippen LogP contribution in [0.25, 0.3) is 28.2 Å². The molecule has 1 atom stereocenters. The van der Waals surface area contributed by atoms with Crippen molar-refractivity contribution >= 4 is 17.6 Å². The van der Waals surface area contributed by atoms with Crippen molar-refractivity contribution in [3.8, 4) is 28.3 Å². The molecule has 0 saturated heterocycles. The summed E-state index contributed by atoms with van der Waals surface area (Å²) in [6, 6.07) is 23.1. The van der Waals surface area contributed by atoms with Gasteiger partial charge < -0.3 is 20.5 Å². The van der Waals surface area contributed by atoms with E-state index in [1.807, 2.05) is 60.7 Å². The predicted molar refractivity (Wildman–Crippen MR) is 179 cm³/mol. The van der Waals surface area contributed by atoms with E-state index in [1.165, 1.54) is 5.56 Å². The number of carboxylic acid groups (broad SMARTS) is 1. The van der Waals surface area contributed by atoms with Crippen molar-refractivity contribution in [3.63, 3.8) is 0 Å². The lowest BCUT2D eigenvalue weighted by Crippen LogP contribution is -2.45. The number of amides is 1. The Morgan fingerprint density at radius 2 is 1.51 bits per heavy atom. The minimum Gasteiger partial charge on any atom is -0.494 e. The van der Waals surface area contributed by atoms with Gasteiger partial charge in [0.2, 0.25) is 5.91 Å². The van der Waals surface area contributed by atoms with Gasteiger partial charge in [0.05, 0.1) is 13.0 Å². The molecule has 0 unspecified atom stereocenters. The van der Waals surface area contributed by atoms with Gasteiger partial charge in [0.1, 0.15) is 11.8 Å². The number of ether oxygens (including phenoxy) is 1. The SMILES string of the molecule is C=C(N[C@@H](Cc1ccc(-c2ncc(-c3ccc(OCCC)cc3)cn2)cc1)C(=O)NCCC(=O)O)c1ccc(C(C)(C)C)cc1. The zero-order valence-corrected chi connectivity index (χ0v) is 26.5. The molecule has 0 aliphatic rings. The normalized spacial score (nSPS) is 11.8. The van der Waals surface area contributed by atoms with Crippen molar-refractivity contribution in [2.45, 2.75) is 58.4 Å². The lowest BCUT2D eigenvalue weighted by molar-refractivity contribution is -0.137. The Morgan fingerprint density at radius 1 is 0.889 bits per heavy atom. The molecule has 0 radical (unpaired) electrons. The number of aromatic nitrogens is 2. The van der Waals surface area contributed by atoms with Crippen LogP contribution < -0.4 is 15.4 Å². The van der Waals surface area contributed by atoms with E-state index in [1.54, 1.807) is 12.4 Å². The molecule has 45 heavy (non-hydrogen) atoms. The molecule has 4 rings (SSSR count). The summed E-state index contributed by atoms with van der Waals surface area (Å²) in [5.74, 6) is 0.175. The van der Waals surface area contributed by atoms with Crippen LogP contribution in [0, 0.1) is 0 Å². The highest BCUT2D eigenvalue weighted by Gasteiger charge is 2.21. The average Bonchev–Trinajstić information content (AvgIpc) is 3.03. The third-order valence-corrected chi connectivity index (χ3v) is 7.37. The van der Waals surface area contributed by atoms with Gasteiger partial charge in [0.25, 0.3) is 0 Å². The van der Waals surface area contributed by atoms with E-state index < -0.39 is 12.0 Å². The number of carbonyl (C=O) groups is 2. The molecule has 1 amide bonds. The second-order valence-electron chi connectivity index (χ2n) is 12.0. The van der Waals surface area contributed by atoms with E-state index in [0.29, 0.717) is 24.5 Å². The number of carboxylic acids is 1. The largest absolute Gasteiger partial charge is 0.494 e. The zero-order chi connectivity index (χ0) is 32.4. The van der Waals surface area contributed by atoms with Gasteiger partial charge in [-0.25, -0.2) is 9.97 Å². The van der Waals surface area contributed by atoms with Crippen LogP contribution in [0.2, 0.25) is 0 Å². The minimum atomic E-state index is -0.969. The summed E-state index contributed by atoms with van der Waals surface area (Å²) in [6.45, 7) is 13.5. The monoisotopic (exact) mass is 606 g/mol. The third kappa shape index (κ3) is 9.50. The number of hydrogen-bond donors (Lipinski definition) is 3. The molecule has 8 heteroatoms. The Labute approximate surface area is 265 Å². The van der Waals surface area contributed by atoms with Crippen molar-refractivity contribution in [1.29, 1.82) is 0 Å². The molecular weight excluding hydrogens is 564 g/mol. The molecule has 234 valence electrons. The number of rotatable bonds is 14. The summed E-state index contributed by atoms with van der Waals surface area (Å²) < 4.78 is 5.67. The number of nitrogens with zero attached hydrogens (tertiary/aromatic N) is 2. The molecule has 1 heterocycles. The summed E-state index contributed by atoms with van der Waals surface area (Å²) in [7, 11) is 0. The van der Waals surface area contributed by atoms with Gasteiger partial charge in [-0.2, -0.15) is 0 Å². The maximum absolute atomic E-state index is 13.1. The summed E-state index contributed by atoms with van der Waals surface area (Å²) in [5.41, 5.74) is 6.41. The highest BCUT2D eigenvalue weighted by atomic mass is 16.5. The fourth-order valence-electron chi connectivity index (χ4n) is 4.71. The van der Waals surface area contributed by atoms with E-state index in [9.17, 15) is 9.59 Å². The van der Waals surface area contributed by atoms with E-state index in [-0.39, 0.29) is 24.3 Å². The molecule has 8 nitrogen and oxygen atoms in total. The highest BCUT2D eigenvalue weighted by molar-refractivity contribution is 5.84. The molecule has 3 N–H and O–H groups in total. The molecule has 0 spiro atoms. The van der Waals surface area contributed by atoms with Crippen molar-refractivity contribution in [2.24, 2.45) is 0 Å². The standard InChI is InChI=1S/C37H42N4O4/c1-6-21-45-32-17-13-28(14-18-32)30-23-39-35(40-24-30)29-9-7-26(8-10-29)22-33(36(44)38-20-19-34(42)43)41-25(2)27-11-15-31(16-12-27)37(3,4)5/h7-18,23-24,33,41H,2,6,19-22H2,1,3-5H3,(H,38,44)(H,42,43)/t33-/m0/s1. The van der Waals surface area contributed by atoms with E-state index in [0.717, 1.165) is 40.0 Å². The Hall–Kier alpha value is -4.98. The molecular formula is C37H42N4O4. The van der Waals surface area contributed by atoms with Crippen LogP contribution in [0.5, 0.6) is 5.75 Å². The lowest BCUT2D eigenvalue weighted by Gasteiger charge is -2.22. The quantitative estimate of drug-likeness (QED) is 0.147. The van der Waals surface area contributed by atoms with Gasteiger partial charge in [0.15, 0.2) is 5.82 Å². The van der Waals surface area contributed by atoms with Crippen LogP contribution in [0.1, 0.15) is 57.2 Å². The Bertz CT molecular complexity index is 1570. The maximum Gasteiger partial charge on any atom is 0.305 e.